The summed E-state index contributed by atoms with van der Waals surface area (Å²) in [6.45, 7) is 2.63. The number of carbonyl (C=O) groups excluding carboxylic acids is 1. The summed E-state index contributed by atoms with van der Waals surface area (Å²) < 4.78 is 0. The molecule has 0 aromatic carbocycles. The van der Waals surface area contributed by atoms with Crippen molar-refractivity contribution < 1.29 is 4.79 Å². The number of pyridine rings is 2. The second kappa shape index (κ2) is 7.38. The van der Waals surface area contributed by atoms with Gasteiger partial charge in [0.15, 0.2) is 0 Å². The molecule has 0 radical (unpaired) electrons. The molecule has 0 bridgehead atoms. The van der Waals surface area contributed by atoms with Crippen molar-refractivity contribution >= 4 is 5.91 Å². The van der Waals surface area contributed by atoms with Gasteiger partial charge in [-0.15, -0.1) is 0 Å². The van der Waals surface area contributed by atoms with Crippen molar-refractivity contribution in [1.29, 1.82) is 0 Å². The highest BCUT2D eigenvalue weighted by Crippen LogP contribution is 2.16. The molecule has 0 saturated heterocycles. The van der Waals surface area contributed by atoms with Gasteiger partial charge >= 0.3 is 0 Å². The van der Waals surface area contributed by atoms with Crippen LogP contribution in [0.2, 0.25) is 0 Å². The number of hydrogen-bond donors (Lipinski definition) is 1. The van der Waals surface area contributed by atoms with Gasteiger partial charge in [-0.2, -0.15) is 0 Å². The van der Waals surface area contributed by atoms with Gasteiger partial charge in [0, 0.05) is 37.1 Å². The lowest BCUT2D eigenvalue weighted by Crippen LogP contribution is -2.22. The molecule has 20 heavy (non-hydrogen) atoms. The maximum absolute atomic E-state index is 11.6. The van der Waals surface area contributed by atoms with E-state index < -0.39 is 0 Å². The number of hydrogen-bond acceptors (Lipinski definition) is 3. The van der Waals surface area contributed by atoms with E-state index in [1.807, 2.05) is 24.3 Å². The summed E-state index contributed by atoms with van der Waals surface area (Å²) in [5.41, 5.74) is 2.98. The smallest absolute Gasteiger partial charge is 0.220 e. The van der Waals surface area contributed by atoms with E-state index in [4.69, 9.17) is 0 Å². The summed E-state index contributed by atoms with van der Waals surface area (Å²) in [4.78, 5) is 19.9. The second-order valence-corrected chi connectivity index (χ2v) is 4.67. The third-order valence-corrected chi connectivity index (χ3v) is 3.05. The molecule has 1 N–H and O–H groups in total. The number of nitrogens with one attached hydrogen (secondary N) is 1. The van der Waals surface area contributed by atoms with Gasteiger partial charge in [-0.05, 0) is 36.2 Å². The van der Waals surface area contributed by atoms with Crippen LogP contribution in [0.5, 0.6) is 0 Å². The monoisotopic (exact) mass is 269 g/mol. The average molecular weight is 269 g/mol. The Hall–Kier alpha value is -2.23. The lowest BCUT2D eigenvalue weighted by atomic mass is 10.1. The first-order valence-electron chi connectivity index (χ1n) is 6.91. The number of unbranched alkanes of at least 4 members (excludes halogenated alkanes) is 1. The Kier molecular flexibility index (Phi) is 5.24. The lowest BCUT2D eigenvalue weighted by Gasteiger charge is -2.06. The first kappa shape index (κ1) is 14.2. The Morgan fingerprint density at radius 2 is 2.00 bits per heavy atom. The number of rotatable bonds is 6. The molecule has 0 aliphatic carbocycles. The van der Waals surface area contributed by atoms with E-state index in [9.17, 15) is 4.79 Å². The molecule has 2 aromatic heterocycles. The molecule has 4 nitrogen and oxygen atoms in total. The number of carbonyl (C=O) groups is 1. The van der Waals surface area contributed by atoms with Crippen LogP contribution in [0.4, 0.5) is 0 Å². The van der Waals surface area contributed by atoms with E-state index in [0.29, 0.717) is 13.0 Å². The van der Waals surface area contributed by atoms with Gasteiger partial charge in [-0.1, -0.05) is 13.3 Å². The quantitative estimate of drug-likeness (QED) is 0.877. The summed E-state index contributed by atoms with van der Waals surface area (Å²) >= 11 is 0. The van der Waals surface area contributed by atoms with Gasteiger partial charge in [-0.3, -0.25) is 14.8 Å². The minimum Gasteiger partial charge on any atom is -0.352 e. The predicted molar refractivity (Wildman–Crippen MR) is 78.8 cm³/mol. The number of nitrogens with zero attached hydrogens (tertiary/aromatic N) is 2. The molecule has 0 saturated carbocycles. The van der Waals surface area contributed by atoms with Gasteiger partial charge in [0.1, 0.15) is 0 Å². The van der Waals surface area contributed by atoms with Crippen molar-refractivity contribution in [3.05, 3.63) is 48.4 Å². The van der Waals surface area contributed by atoms with Crippen LogP contribution >= 0.6 is 0 Å². The molecule has 0 aliphatic rings. The van der Waals surface area contributed by atoms with Gasteiger partial charge in [-0.25, -0.2) is 0 Å². The molecule has 0 unspecified atom stereocenters. The Bertz CT molecular complexity index is 555. The lowest BCUT2D eigenvalue weighted by molar-refractivity contribution is -0.121. The van der Waals surface area contributed by atoms with E-state index in [1.165, 1.54) is 0 Å². The van der Waals surface area contributed by atoms with E-state index in [2.05, 4.69) is 22.2 Å². The van der Waals surface area contributed by atoms with Crippen LogP contribution < -0.4 is 5.32 Å². The Morgan fingerprint density at radius 1 is 1.20 bits per heavy atom. The van der Waals surface area contributed by atoms with E-state index >= 15 is 0 Å². The maximum atomic E-state index is 11.6. The molecular weight excluding hydrogens is 250 g/mol. The zero-order chi connectivity index (χ0) is 14.2. The Balaban J connectivity index is 1.98. The highest BCUT2D eigenvalue weighted by molar-refractivity contribution is 5.75. The molecule has 0 atom stereocenters. The van der Waals surface area contributed by atoms with Crippen LogP contribution in [-0.4, -0.2) is 15.9 Å². The SMILES string of the molecule is CCCCC(=O)NCc1ccnc(-c2ccncc2)c1. The summed E-state index contributed by atoms with van der Waals surface area (Å²) in [6, 6.07) is 7.76. The summed E-state index contributed by atoms with van der Waals surface area (Å²) in [5, 5.41) is 2.93. The summed E-state index contributed by atoms with van der Waals surface area (Å²) in [7, 11) is 0. The maximum Gasteiger partial charge on any atom is 0.220 e. The first-order valence-corrected chi connectivity index (χ1v) is 6.91. The summed E-state index contributed by atoms with van der Waals surface area (Å²) in [5.74, 6) is 0.106. The number of amides is 1. The Labute approximate surface area is 119 Å². The Morgan fingerprint density at radius 3 is 2.75 bits per heavy atom. The van der Waals surface area contributed by atoms with Crippen molar-refractivity contribution in [1.82, 2.24) is 15.3 Å². The van der Waals surface area contributed by atoms with Gasteiger partial charge < -0.3 is 5.32 Å². The highest BCUT2D eigenvalue weighted by Gasteiger charge is 2.03. The van der Waals surface area contributed by atoms with E-state index in [-0.39, 0.29) is 5.91 Å². The molecule has 0 aliphatic heterocycles. The third-order valence-electron chi connectivity index (χ3n) is 3.05. The minimum atomic E-state index is 0.106. The molecule has 2 heterocycles. The molecular formula is C16H19N3O. The zero-order valence-electron chi connectivity index (χ0n) is 11.7. The van der Waals surface area contributed by atoms with Crippen LogP contribution in [0.3, 0.4) is 0 Å². The standard InChI is InChI=1S/C16H19N3O/c1-2-3-4-16(20)19-12-13-5-10-18-15(11-13)14-6-8-17-9-7-14/h5-11H,2-4,12H2,1H3,(H,19,20). The van der Waals surface area contributed by atoms with Crippen LogP contribution in [0, 0.1) is 0 Å². The first-order chi connectivity index (χ1) is 9.79. The fraction of sp³-hybridized carbons (Fsp3) is 0.312. The van der Waals surface area contributed by atoms with Crippen LogP contribution in [0.15, 0.2) is 42.9 Å². The van der Waals surface area contributed by atoms with Crippen LogP contribution in [0.1, 0.15) is 31.7 Å². The van der Waals surface area contributed by atoms with Gasteiger partial charge in [0.25, 0.3) is 0 Å². The molecule has 4 heteroatoms. The van der Waals surface area contributed by atoms with Crippen molar-refractivity contribution in [2.24, 2.45) is 0 Å². The highest BCUT2D eigenvalue weighted by atomic mass is 16.1. The average Bonchev–Trinajstić information content (AvgIpc) is 2.52. The molecule has 0 fully saturated rings. The molecule has 2 aromatic rings. The van der Waals surface area contributed by atoms with Gasteiger partial charge in [0.05, 0.1) is 5.69 Å². The largest absolute Gasteiger partial charge is 0.352 e. The zero-order valence-corrected chi connectivity index (χ0v) is 11.7. The molecule has 0 spiro atoms. The number of aromatic nitrogens is 2. The minimum absolute atomic E-state index is 0.106. The van der Waals surface area contributed by atoms with Crippen molar-refractivity contribution in [3.63, 3.8) is 0 Å². The normalized spacial score (nSPS) is 10.2. The third kappa shape index (κ3) is 4.16. The molecule has 2 rings (SSSR count). The van der Waals surface area contributed by atoms with Crippen LogP contribution in [0.25, 0.3) is 11.3 Å². The van der Waals surface area contributed by atoms with E-state index in [1.54, 1.807) is 18.6 Å². The van der Waals surface area contributed by atoms with Gasteiger partial charge in [0.2, 0.25) is 5.91 Å². The molecule has 104 valence electrons. The fourth-order valence-electron chi connectivity index (χ4n) is 1.89. The second-order valence-electron chi connectivity index (χ2n) is 4.67. The van der Waals surface area contributed by atoms with Crippen molar-refractivity contribution in [2.45, 2.75) is 32.7 Å². The molecule has 1 amide bonds. The van der Waals surface area contributed by atoms with E-state index in [0.717, 1.165) is 29.7 Å². The van der Waals surface area contributed by atoms with Crippen molar-refractivity contribution in [3.8, 4) is 11.3 Å². The van der Waals surface area contributed by atoms with Crippen LogP contribution in [-0.2, 0) is 11.3 Å². The predicted octanol–water partition coefficient (Wildman–Crippen LogP) is 2.95. The summed E-state index contributed by atoms with van der Waals surface area (Å²) in [6.07, 6.45) is 7.83. The topological polar surface area (TPSA) is 54.9 Å². The fourth-order valence-corrected chi connectivity index (χ4v) is 1.89. The van der Waals surface area contributed by atoms with Crippen molar-refractivity contribution in [2.75, 3.05) is 0 Å².